The monoisotopic (exact) mass is 337 g/mol. The van der Waals surface area contributed by atoms with Gasteiger partial charge in [-0.15, -0.1) is 11.3 Å². The third-order valence-corrected chi connectivity index (χ3v) is 4.47. The van der Waals surface area contributed by atoms with E-state index in [1.807, 2.05) is 13.0 Å². The van der Waals surface area contributed by atoms with Gasteiger partial charge in [0.25, 0.3) is 0 Å². The Morgan fingerprint density at radius 2 is 2.09 bits per heavy atom. The fourth-order valence-corrected chi connectivity index (χ4v) is 2.88. The summed E-state index contributed by atoms with van der Waals surface area (Å²) in [5, 5.41) is 8.41. The van der Waals surface area contributed by atoms with Crippen LogP contribution in [0.5, 0.6) is 0 Å². The molecule has 23 heavy (non-hydrogen) atoms. The lowest BCUT2D eigenvalue weighted by molar-refractivity contribution is 0.585. The number of rotatable bonds is 6. The van der Waals surface area contributed by atoms with E-state index in [9.17, 15) is 8.78 Å². The van der Waals surface area contributed by atoms with Crippen LogP contribution in [0.25, 0.3) is 0 Å². The Morgan fingerprint density at radius 1 is 1.26 bits per heavy atom. The molecular weight excluding hydrogens is 316 g/mol. The average molecular weight is 337 g/mol. The normalized spacial score (nSPS) is 13.0. The van der Waals surface area contributed by atoms with Crippen LogP contribution in [0.2, 0.25) is 0 Å². The number of thiophene rings is 1. The van der Waals surface area contributed by atoms with Gasteiger partial charge in [0.15, 0.2) is 5.96 Å². The third kappa shape index (κ3) is 5.32. The van der Waals surface area contributed by atoms with Crippen LogP contribution in [-0.2, 0) is 6.54 Å². The van der Waals surface area contributed by atoms with Crippen molar-refractivity contribution in [2.45, 2.75) is 26.3 Å². The van der Waals surface area contributed by atoms with Crippen LogP contribution in [0.15, 0.2) is 40.7 Å². The summed E-state index contributed by atoms with van der Waals surface area (Å²) in [6, 6.07) is 7.54. The van der Waals surface area contributed by atoms with E-state index in [2.05, 4.69) is 34.0 Å². The van der Waals surface area contributed by atoms with Crippen LogP contribution in [0.4, 0.5) is 8.78 Å². The topological polar surface area (TPSA) is 36.4 Å². The van der Waals surface area contributed by atoms with E-state index in [0.29, 0.717) is 18.4 Å². The lowest BCUT2D eigenvalue weighted by Crippen LogP contribution is -2.39. The van der Waals surface area contributed by atoms with E-state index in [-0.39, 0.29) is 12.1 Å². The molecule has 0 radical (unpaired) electrons. The molecule has 0 amide bonds. The first-order valence-electron chi connectivity index (χ1n) is 7.59. The number of hydrogen-bond acceptors (Lipinski definition) is 2. The molecule has 0 aliphatic carbocycles. The predicted octanol–water partition coefficient (Wildman–Crippen LogP) is 3.89. The minimum Gasteiger partial charge on any atom is -0.357 e. The predicted molar refractivity (Wildman–Crippen MR) is 91.9 cm³/mol. The standard InChI is InChI=1S/C17H21F2N3S/c1-3-20-17(21-10-12(2)16-5-4-8-23-16)22-11-13-9-14(18)6-7-15(13)19/h4-9,12H,3,10-11H2,1-2H3,(H2,20,21,22). The number of aliphatic imine (C=N–C) groups is 1. The molecule has 3 nitrogen and oxygen atoms in total. The van der Waals surface area contributed by atoms with Crippen molar-refractivity contribution in [1.29, 1.82) is 0 Å². The Labute approximate surface area is 139 Å². The molecule has 0 aliphatic heterocycles. The Morgan fingerprint density at radius 3 is 2.78 bits per heavy atom. The van der Waals surface area contributed by atoms with Crippen molar-refractivity contribution in [1.82, 2.24) is 10.6 Å². The average Bonchev–Trinajstić information content (AvgIpc) is 3.07. The molecule has 1 atom stereocenters. The maximum atomic E-state index is 13.6. The van der Waals surface area contributed by atoms with Crippen molar-refractivity contribution in [3.05, 3.63) is 57.8 Å². The minimum absolute atomic E-state index is 0.0896. The summed E-state index contributed by atoms with van der Waals surface area (Å²) < 4.78 is 26.8. The number of nitrogens with one attached hydrogen (secondary N) is 2. The van der Waals surface area contributed by atoms with Crippen molar-refractivity contribution < 1.29 is 8.78 Å². The van der Waals surface area contributed by atoms with Gasteiger partial charge in [0, 0.05) is 29.4 Å². The first-order valence-corrected chi connectivity index (χ1v) is 8.47. The first kappa shape index (κ1) is 17.4. The molecular formula is C17H21F2N3S. The van der Waals surface area contributed by atoms with Crippen molar-refractivity contribution in [2.75, 3.05) is 13.1 Å². The molecule has 6 heteroatoms. The SMILES string of the molecule is CCNC(=NCc1cc(F)ccc1F)NCC(C)c1cccs1. The molecule has 0 bridgehead atoms. The van der Waals surface area contributed by atoms with Crippen LogP contribution in [0, 0.1) is 11.6 Å². The van der Waals surface area contributed by atoms with Gasteiger partial charge in [-0.1, -0.05) is 13.0 Å². The van der Waals surface area contributed by atoms with Gasteiger partial charge in [-0.05, 0) is 36.6 Å². The quantitative estimate of drug-likeness (QED) is 0.620. The van der Waals surface area contributed by atoms with E-state index in [4.69, 9.17) is 0 Å². The number of nitrogens with zero attached hydrogens (tertiary/aromatic N) is 1. The van der Waals surface area contributed by atoms with Crippen molar-refractivity contribution >= 4 is 17.3 Å². The van der Waals surface area contributed by atoms with Crippen LogP contribution >= 0.6 is 11.3 Å². The molecule has 2 aromatic rings. The highest BCUT2D eigenvalue weighted by Crippen LogP contribution is 2.19. The van der Waals surface area contributed by atoms with E-state index in [1.165, 1.54) is 10.9 Å². The molecule has 0 fully saturated rings. The van der Waals surface area contributed by atoms with Gasteiger partial charge in [-0.25, -0.2) is 13.8 Å². The van der Waals surface area contributed by atoms with Gasteiger partial charge in [0.1, 0.15) is 11.6 Å². The lowest BCUT2D eigenvalue weighted by atomic mass is 10.1. The summed E-state index contributed by atoms with van der Waals surface area (Å²) in [5.74, 6) is 0.0446. The fraction of sp³-hybridized carbons (Fsp3) is 0.353. The molecule has 0 aliphatic rings. The Kier molecular flexibility index (Phi) is 6.52. The number of hydrogen-bond donors (Lipinski definition) is 2. The van der Waals surface area contributed by atoms with E-state index in [1.54, 1.807) is 11.3 Å². The van der Waals surface area contributed by atoms with Crippen LogP contribution in [-0.4, -0.2) is 19.0 Å². The second kappa shape index (κ2) is 8.62. The molecule has 1 heterocycles. The molecule has 124 valence electrons. The molecule has 1 aromatic carbocycles. The Hall–Kier alpha value is -1.95. The van der Waals surface area contributed by atoms with Crippen LogP contribution in [0.3, 0.4) is 0 Å². The second-order valence-electron chi connectivity index (χ2n) is 5.23. The molecule has 2 N–H and O–H groups in total. The Balaban J connectivity index is 1.98. The van der Waals surface area contributed by atoms with Gasteiger partial charge in [0.2, 0.25) is 0 Å². The molecule has 0 saturated heterocycles. The van der Waals surface area contributed by atoms with E-state index < -0.39 is 11.6 Å². The molecule has 0 saturated carbocycles. The number of guanidine groups is 1. The van der Waals surface area contributed by atoms with Gasteiger partial charge in [-0.3, -0.25) is 0 Å². The largest absolute Gasteiger partial charge is 0.357 e. The summed E-state index contributed by atoms with van der Waals surface area (Å²) in [5.41, 5.74) is 0.244. The van der Waals surface area contributed by atoms with Gasteiger partial charge >= 0.3 is 0 Å². The highest BCUT2D eigenvalue weighted by molar-refractivity contribution is 7.10. The third-order valence-electron chi connectivity index (χ3n) is 3.36. The van der Waals surface area contributed by atoms with E-state index in [0.717, 1.165) is 18.7 Å². The summed E-state index contributed by atoms with van der Waals surface area (Å²) in [4.78, 5) is 5.63. The van der Waals surface area contributed by atoms with Crippen molar-refractivity contribution in [3.63, 3.8) is 0 Å². The zero-order valence-corrected chi connectivity index (χ0v) is 14.1. The highest BCUT2D eigenvalue weighted by Gasteiger charge is 2.08. The Bertz CT molecular complexity index is 641. The molecule has 1 aromatic heterocycles. The highest BCUT2D eigenvalue weighted by atomic mass is 32.1. The first-order chi connectivity index (χ1) is 11.1. The van der Waals surface area contributed by atoms with Gasteiger partial charge < -0.3 is 10.6 Å². The van der Waals surface area contributed by atoms with Crippen molar-refractivity contribution in [2.24, 2.45) is 4.99 Å². The minimum atomic E-state index is -0.458. The van der Waals surface area contributed by atoms with Gasteiger partial charge in [-0.2, -0.15) is 0 Å². The summed E-state index contributed by atoms with van der Waals surface area (Å²) in [6.07, 6.45) is 0. The molecule has 0 spiro atoms. The lowest BCUT2D eigenvalue weighted by Gasteiger charge is -2.15. The maximum Gasteiger partial charge on any atom is 0.191 e. The van der Waals surface area contributed by atoms with Crippen LogP contribution in [0.1, 0.15) is 30.2 Å². The van der Waals surface area contributed by atoms with Crippen molar-refractivity contribution in [3.8, 4) is 0 Å². The molecule has 2 rings (SSSR count). The summed E-state index contributed by atoms with van der Waals surface area (Å²) >= 11 is 1.72. The maximum absolute atomic E-state index is 13.6. The summed E-state index contributed by atoms with van der Waals surface area (Å²) in [7, 11) is 0. The number of halogens is 2. The smallest absolute Gasteiger partial charge is 0.191 e. The zero-order valence-electron chi connectivity index (χ0n) is 13.3. The summed E-state index contributed by atoms with van der Waals surface area (Å²) in [6.45, 7) is 5.60. The van der Waals surface area contributed by atoms with E-state index >= 15 is 0 Å². The van der Waals surface area contributed by atoms with Crippen LogP contribution < -0.4 is 10.6 Å². The fourth-order valence-electron chi connectivity index (χ4n) is 2.09. The number of benzene rings is 1. The second-order valence-corrected chi connectivity index (χ2v) is 6.21. The van der Waals surface area contributed by atoms with Gasteiger partial charge in [0.05, 0.1) is 6.54 Å². The molecule has 1 unspecified atom stereocenters. The zero-order chi connectivity index (χ0) is 16.7.